The molecule has 1 aliphatic rings. The van der Waals surface area contributed by atoms with E-state index in [0.29, 0.717) is 17.4 Å². The quantitative estimate of drug-likeness (QED) is 0.329. The van der Waals surface area contributed by atoms with Gasteiger partial charge in [0.15, 0.2) is 0 Å². The van der Waals surface area contributed by atoms with Crippen molar-refractivity contribution in [3.63, 3.8) is 0 Å². The number of thioether (sulfide) groups is 1. The number of hydrogen-bond donors (Lipinski definition) is 1. The highest BCUT2D eigenvalue weighted by atomic mass is 32.2. The van der Waals surface area contributed by atoms with Gasteiger partial charge in [-0.1, -0.05) is 18.2 Å². The lowest BCUT2D eigenvalue weighted by Crippen LogP contribution is -2.30. The topological polar surface area (TPSA) is 88.1 Å². The normalized spacial score (nSPS) is 13.9. The number of nitrogens with zero attached hydrogens (tertiary/aromatic N) is 2. The Kier molecular flexibility index (Phi) is 8.01. The maximum Gasteiger partial charge on any atom is 0.271 e. The zero-order valence-electron chi connectivity index (χ0n) is 20.5. The van der Waals surface area contributed by atoms with Gasteiger partial charge in [0.25, 0.3) is 5.91 Å². The molecular formula is C27H29N3O4S2. The molecule has 188 valence electrons. The van der Waals surface area contributed by atoms with E-state index in [1.54, 1.807) is 36.5 Å². The van der Waals surface area contributed by atoms with Crippen LogP contribution in [-0.4, -0.2) is 44.4 Å². The molecule has 0 saturated carbocycles. The Morgan fingerprint density at radius 3 is 2.33 bits per heavy atom. The molecule has 7 nitrogen and oxygen atoms in total. The third kappa shape index (κ3) is 6.67. The third-order valence-corrected chi connectivity index (χ3v) is 8.25. The number of benzene rings is 3. The van der Waals surface area contributed by atoms with Gasteiger partial charge in [0.1, 0.15) is 11.9 Å². The number of carbonyl (C=O) groups excluding carboxylic acids is 1. The van der Waals surface area contributed by atoms with E-state index in [1.165, 1.54) is 10.6 Å². The number of aryl methyl sites for hydroxylation is 2. The van der Waals surface area contributed by atoms with E-state index in [1.807, 2.05) is 62.0 Å². The van der Waals surface area contributed by atoms with Gasteiger partial charge in [-0.15, -0.1) is 0 Å². The van der Waals surface area contributed by atoms with Crippen LogP contribution in [0, 0.1) is 13.8 Å². The molecule has 0 aliphatic carbocycles. The number of ether oxygens (including phenoxy) is 1. The summed E-state index contributed by atoms with van der Waals surface area (Å²) in [5.41, 5.74) is 7.28. The molecule has 9 heteroatoms. The number of amides is 1. The third-order valence-electron chi connectivity index (χ3n) is 5.89. The molecule has 36 heavy (non-hydrogen) atoms. The maximum atomic E-state index is 12.5. The fourth-order valence-electron chi connectivity index (χ4n) is 3.55. The molecule has 1 fully saturated rings. The van der Waals surface area contributed by atoms with Crippen molar-refractivity contribution < 1.29 is 17.9 Å². The minimum atomic E-state index is -3.49. The summed E-state index contributed by atoms with van der Waals surface area (Å²) in [5.74, 6) is 2.53. The van der Waals surface area contributed by atoms with E-state index < -0.39 is 10.0 Å². The first-order valence-corrected chi connectivity index (χ1v) is 14.5. The van der Waals surface area contributed by atoms with Crippen LogP contribution in [0.3, 0.4) is 0 Å². The fourth-order valence-corrected chi connectivity index (χ4v) is 4.99. The highest BCUT2D eigenvalue weighted by molar-refractivity contribution is 8.00. The lowest BCUT2D eigenvalue weighted by Gasteiger charge is -2.25. The number of nitrogens with one attached hydrogen (secondary N) is 1. The zero-order valence-corrected chi connectivity index (χ0v) is 22.1. The predicted molar refractivity (Wildman–Crippen MR) is 147 cm³/mol. The Labute approximate surface area is 216 Å². The molecule has 0 atom stereocenters. The van der Waals surface area contributed by atoms with Crippen molar-refractivity contribution in [3.8, 4) is 5.75 Å². The number of rotatable bonds is 9. The standard InChI is InChI=1S/C27H29N3O4S2/c1-19-4-11-24(14-20(19)2)30(36(3,32)33)16-22-5-9-23(10-6-22)27(31)29-28-15-21-7-12-25(13-8-21)34-26-17-35-18-26/h4-15,26H,16-18H2,1-3H3,(H,29,31)/b28-15-. The van der Waals surface area contributed by atoms with Gasteiger partial charge in [-0.05, 0) is 84.6 Å². The van der Waals surface area contributed by atoms with Crippen LogP contribution in [0.15, 0.2) is 71.8 Å². The Hall–Kier alpha value is -3.30. The van der Waals surface area contributed by atoms with Crippen molar-refractivity contribution in [1.29, 1.82) is 0 Å². The van der Waals surface area contributed by atoms with Gasteiger partial charge in [-0.2, -0.15) is 16.9 Å². The Balaban J connectivity index is 1.36. The SMILES string of the molecule is Cc1ccc(N(Cc2ccc(C(=O)N/N=C\c3ccc(OC4CSC4)cc3)cc2)S(C)(=O)=O)cc1C. The fraction of sp³-hybridized carbons (Fsp3) is 0.259. The molecule has 0 unspecified atom stereocenters. The van der Waals surface area contributed by atoms with Gasteiger partial charge >= 0.3 is 0 Å². The van der Waals surface area contributed by atoms with Crippen molar-refractivity contribution in [2.45, 2.75) is 26.5 Å². The van der Waals surface area contributed by atoms with Crippen LogP contribution in [0.1, 0.15) is 32.6 Å². The number of hydrogen-bond acceptors (Lipinski definition) is 6. The average molecular weight is 524 g/mol. The Morgan fingerprint density at radius 2 is 1.75 bits per heavy atom. The highest BCUT2D eigenvalue weighted by Crippen LogP contribution is 2.25. The second kappa shape index (κ2) is 11.2. The summed E-state index contributed by atoms with van der Waals surface area (Å²) in [5, 5.41) is 4.04. The molecule has 3 aromatic rings. The van der Waals surface area contributed by atoms with Crippen LogP contribution in [0.4, 0.5) is 5.69 Å². The summed E-state index contributed by atoms with van der Waals surface area (Å²) in [6.07, 6.45) is 3.06. The lowest BCUT2D eigenvalue weighted by molar-refractivity contribution is 0.0955. The molecule has 1 heterocycles. The number of carbonyl (C=O) groups is 1. The average Bonchev–Trinajstić information content (AvgIpc) is 2.82. The van der Waals surface area contributed by atoms with Crippen LogP contribution in [-0.2, 0) is 16.6 Å². The molecule has 0 aromatic heterocycles. The zero-order chi connectivity index (χ0) is 25.7. The van der Waals surface area contributed by atoms with Gasteiger partial charge < -0.3 is 4.74 Å². The molecule has 1 saturated heterocycles. The van der Waals surface area contributed by atoms with Gasteiger partial charge in [0, 0.05) is 17.1 Å². The minimum absolute atomic E-state index is 0.167. The van der Waals surface area contributed by atoms with E-state index in [0.717, 1.165) is 39.5 Å². The first-order valence-electron chi connectivity index (χ1n) is 11.5. The molecule has 3 aromatic carbocycles. The van der Waals surface area contributed by atoms with E-state index in [4.69, 9.17) is 4.74 Å². The van der Waals surface area contributed by atoms with Gasteiger partial charge in [0.05, 0.1) is 24.7 Å². The van der Waals surface area contributed by atoms with E-state index in [9.17, 15) is 13.2 Å². The van der Waals surface area contributed by atoms with E-state index in [-0.39, 0.29) is 12.5 Å². The summed E-state index contributed by atoms with van der Waals surface area (Å²) in [7, 11) is -3.49. The molecule has 0 spiro atoms. The van der Waals surface area contributed by atoms with Crippen molar-refractivity contribution in [2.75, 3.05) is 22.1 Å². The molecule has 1 aliphatic heterocycles. The molecule has 1 N–H and O–H groups in total. The highest BCUT2D eigenvalue weighted by Gasteiger charge is 2.20. The van der Waals surface area contributed by atoms with Crippen LogP contribution < -0.4 is 14.5 Å². The van der Waals surface area contributed by atoms with Crippen LogP contribution >= 0.6 is 11.8 Å². The monoisotopic (exact) mass is 523 g/mol. The first-order chi connectivity index (χ1) is 17.2. The summed E-state index contributed by atoms with van der Waals surface area (Å²) in [6.45, 7) is 4.10. The number of hydrazone groups is 1. The van der Waals surface area contributed by atoms with E-state index >= 15 is 0 Å². The second-order valence-electron chi connectivity index (χ2n) is 8.78. The Morgan fingerprint density at radius 1 is 1.06 bits per heavy atom. The van der Waals surface area contributed by atoms with Crippen molar-refractivity contribution in [2.24, 2.45) is 5.10 Å². The Bertz CT molecular complexity index is 1350. The van der Waals surface area contributed by atoms with Gasteiger partial charge in [-0.3, -0.25) is 9.10 Å². The van der Waals surface area contributed by atoms with Crippen LogP contribution in [0.2, 0.25) is 0 Å². The van der Waals surface area contributed by atoms with E-state index in [2.05, 4.69) is 10.5 Å². The largest absolute Gasteiger partial charge is 0.489 e. The lowest BCUT2D eigenvalue weighted by atomic mass is 10.1. The molecule has 1 amide bonds. The van der Waals surface area contributed by atoms with Crippen molar-refractivity contribution in [3.05, 3.63) is 94.5 Å². The molecular weight excluding hydrogens is 494 g/mol. The van der Waals surface area contributed by atoms with Crippen molar-refractivity contribution >= 4 is 39.6 Å². The molecule has 4 rings (SSSR count). The first kappa shape index (κ1) is 25.8. The summed E-state index contributed by atoms with van der Waals surface area (Å²) >= 11 is 1.87. The second-order valence-corrected chi connectivity index (χ2v) is 11.8. The van der Waals surface area contributed by atoms with Crippen LogP contribution in [0.5, 0.6) is 5.75 Å². The molecule has 0 bridgehead atoms. The number of sulfonamides is 1. The summed E-state index contributed by atoms with van der Waals surface area (Å²) in [6, 6.07) is 19.9. The van der Waals surface area contributed by atoms with Gasteiger partial charge in [0.2, 0.25) is 10.0 Å². The summed E-state index contributed by atoms with van der Waals surface area (Å²) < 4.78 is 32.1. The van der Waals surface area contributed by atoms with Crippen molar-refractivity contribution in [1.82, 2.24) is 5.43 Å². The van der Waals surface area contributed by atoms with Gasteiger partial charge in [-0.25, -0.2) is 13.8 Å². The minimum Gasteiger partial charge on any atom is -0.489 e. The van der Waals surface area contributed by atoms with Crippen LogP contribution in [0.25, 0.3) is 0 Å². The smallest absolute Gasteiger partial charge is 0.271 e. The number of anilines is 1. The predicted octanol–water partition coefficient (Wildman–Crippen LogP) is 4.53. The summed E-state index contributed by atoms with van der Waals surface area (Å²) in [4.78, 5) is 12.5. The maximum absolute atomic E-state index is 12.5. The molecule has 0 radical (unpaired) electrons.